The number of rotatable bonds is 2. The summed E-state index contributed by atoms with van der Waals surface area (Å²) in [7, 11) is 0. The van der Waals surface area contributed by atoms with Gasteiger partial charge >= 0.3 is 0 Å². The monoisotopic (exact) mass is 359 g/mol. The molecule has 0 unspecified atom stereocenters. The second-order valence-corrected chi connectivity index (χ2v) is 7.56. The van der Waals surface area contributed by atoms with Crippen LogP contribution in [0.2, 0.25) is 0 Å². The van der Waals surface area contributed by atoms with Gasteiger partial charge in [-0.3, -0.25) is 4.79 Å². The maximum absolute atomic E-state index is 13.0. The number of aliphatic hydroxyl groups is 1. The zero-order valence-electron chi connectivity index (χ0n) is 15.3. The molecule has 0 bridgehead atoms. The van der Waals surface area contributed by atoms with Crippen LogP contribution >= 0.6 is 0 Å². The largest absolute Gasteiger partial charge is 0.390 e. The summed E-state index contributed by atoms with van der Waals surface area (Å²) in [5.41, 5.74) is 0.827. The molecule has 0 radical (unpaired) electrons. The summed E-state index contributed by atoms with van der Waals surface area (Å²) in [5.74, 6) is 0.542. The number of carbonyl (C=O) groups excluding carboxylic acids is 1. The highest BCUT2D eigenvalue weighted by Crippen LogP contribution is 2.35. The van der Waals surface area contributed by atoms with Crippen molar-refractivity contribution in [3.8, 4) is 0 Å². The van der Waals surface area contributed by atoms with Gasteiger partial charge in [-0.15, -0.1) is 0 Å². The van der Waals surface area contributed by atoms with Gasteiger partial charge < -0.3 is 14.7 Å². The molecule has 1 spiro atoms. The van der Waals surface area contributed by atoms with Crippen molar-refractivity contribution < 1.29 is 14.6 Å². The van der Waals surface area contributed by atoms with E-state index < -0.39 is 11.7 Å². The first-order chi connectivity index (χ1) is 12.5. The number of aliphatic hydroxyl groups excluding tert-OH is 1. The minimum atomic E-state index is -0.484. The van der Waals surface area contributed by atoms with Crippen LogP contribution in [0.15, 0.2) is 12.4 Å². The van der Waals surface area contributed by atoms with Crippen LogP contribution in [0.25, 0.3) is 5.78 Å². The molecular weight excluding hydrogens is 334 g/mol. The summed E-state index contributed by atoms with van der Waals surface area (Å²) in [6, 6.07) is 1.81. The molecule has 1 amide bonds. The highest BCUT2D eigenvalue weighted by Gasteiger charge is 2.44. The molecule has 2 aromatic rings. The second kappa shape index (κ2) is 6.59. The quantitative estimate of drug-likeness (QED) is 0.871. The lowest BCUT2D eigenvalue weighted by molar-refractivity contribution is -0.174. The van der Waals surface area contributed by atoms with Crippen molar-refractivity contribution >= 4 is 11.7 Å². The Kier molecular flexibility index (Phi) is 4.40. The van der Waals surface area contributed by atoms with Crippen molar-refractivity contribution in [2.24, 2.45) is 0 Å². The molecule has 2 aromatic heterocycles. The first-order valence-electron chi connectivity index (χ1n) is 9.32. The number of nitrogens with zero attached hydrogens (tertiary/aromatic N) is 5. The van der Waals surface area contributed by atoms with E-state index in [1.165, 1.54) is 6.33 Å². The van der Waals surface area contributed by atoms with Crippen LogP contribution in [0.4, 0.5) is 0 Å². The van der Waals surface area contributed by atoms with Crippen LogP contribution in [0.3, 0.4) is 0 Å². The highest BCUT2D eigenvalue weighted by atomic mass is 16.5. The van der Waals surface area contributed by atoms with Crippen LogP contribution in [-0.4, -0.2) is 66.9 Å². The number of piperidine rings is 1. The standard InChI is InChI=1S/C18H25N5O3/c1-12(2)14-10-13(21-17-19-11-20-23(14)17)16(25)22-7-5-18(6-8-22)15(24)4-3-9-26-18/h10-12,15,24H,3-9H2,1-2H3/t15-/m1/s1. The van der Waals surface area contributed by atoms with E-state index in [2.05, 4.69) is 28.9 Å². The summed E-state index contributed by atoms with van der Waals surface area (Å²) in [6.45, 7) is 5.92. The second-order valence-electron chi connectivity index (χ2n) is 7.56. The third kappa shape index (κ3) is 2.87. The first-order valence-corrected chi connectivity index (χ1v) is 9.32. The molecule has 8 nitrogen and oxygen atoms in total. The summed E-state index contributed by atoms with van der Waals surface area (Å²) in [4.78, 5) is 23.3. The number of hydrogen-bond donors (Lipinski definition) is 1. The molecule has 0 aromatic carbocycles. The Hall–Kier alpha value is -2.06. The zero-order valence-corrected chi connectivity index (χ0v) is 15.3. The van der Waals surface area contributed by atoms with Gasteiger partial charge in [-0.25, -0.2) is 9.50 Å². The number of carbonyl (C=O) groups is 1. The van der Waals surface area contributed by atoms with Gasteiger partial charge in [0.25, 0.3) is 11.7 Å². The minimum absolute atomic E-state index is 0.0995. The predicted molar refractivity (Wildman–Crippen MR) is 93.9 cm³/mol. The summed E-state index contributed by atoms with van der Waals surface area (Å²) >= 11 is 0. The van der Waals surface area contributed by atoms with E-state index in [1.807, 2.05) is 6.07 Å². The van der Waals surface area contributed by atoms with E-state index in [4.69, 9.17) is 4.74 Å². The Labute approximate surface area is 152 Å². The van der Waals surface area contributed by atoms with Crippen LogP contribution in [-0.2, 0) is 4.74 Å². The van der Waals surface area contributed by atoms with E-state index in [0.717, 1.165) is 18.5 Å². The van der Waals surface area contributed by atoms with Crippen LogP contribution in [0.5, 0.6) is 0 Å². The summed E-state index contributed by atoms with van der Waals surface area (Å²) in [5, 5.41) is 14.6. The summed E-state index contributed by atoms with van der Waals surface area (Å²) in [6.07, 6.45) is 4.00. The number of likely N-dealkylation sites (tertiary alicyclic amines) is 1. The van der Waals surface area contributed by atoms with Gasteiger partial charge in [-0.1, -0.05) is 13.8 Å². The Morgan fingerprint density at radius 2 is 2.15 bits per heavy atom. The fraction of sp³-hybridized carbons (Fsp3) is 0.667. The van der Waals surface area contributed by atoms with E-state index in [1.54, 1.807) is 9.42 Å². The van der Waals surface area contributed by atoms with Gasteiger partial charge in [0.05, 0.1) is 17.4 Å². The lowest BCUT2D eigenvalue weighted by atomic mass is 9.82. The topological polar surface area (TPSA) is 92.9 Å². The van der Waals surface area contributed by atoms with Gasteiger partial charge in [0.2, 0.25) is 0 Å². The van der Waals surface area contributed by atoms with Crippen molar-refractivity contribution in [3.05, 3.63) is 23.8 Å². The molecule has 4 rings (SSSR count). The van der Waals surface area contributed by atoms with E-state index in [-0.39, 0.29) is 11.8 Å². The number of ether oxygens (including phenoxy) is 1. The molecule has 1 N–H and O–H groups in total. The molecule has 26 heavy (non-hydrogen) atoms. The van der Waals surface area contributed by atoms with Gasteiger partial charge in [-0.05, 0) is 37.7 Å². The number of aromatic nitrogens is 4. The van der Waals surface area contributed by atoms with Crippen molar-refractivity contribution in [1.29, 1.82) is 0 Å². The van der Waals surface area contributed by atoms with E-state index in [9.17, 15) is 9.90 Å². The third-order valence-corrected chi connectivity index (χ3v) is 5.61. The van der Waals surface area contributed by atoms with Crippen LogP contribution < -0.4 is 0 Å². The van der Waals surface area contributed by atoms with E-state index >= 15 is 0 Å². The average Bonchev–Trinajstić information content (AvgIpc) is 3.12. The SMILES string of the molecule is CC(C)c1cc(C(=O)N2CCC3(CC2)OCCC[C@H]3O)nc2ncnn12. The smallest absolute Gasteiger partial charge is 0.272 e. The zero-order chi connectivity index (χ0) is 18.3. The van der Waals surface area contributed by atoms with Crippen LogP contribution in [0.1, 0.15) is 61.6 Å². The minimum Gasteiger partial charge on any atom is -0.390 e. The van der Waals surface area contributed by atoms with Crippen molar-refractivity contribution in [2.75, 3.05) is 19.7 Å². The van der Waals surface area contributed by atoms with Gasteiger partial charge in [-0.2, -0.15) is 10.1 Å². The highest BCUT2D eigenvalue weighted by molar-refractivity contribution is 5.93. The molecule has 2 saturated heterocycles. The Balaban J connectivity index is 1.54. The lowest BCUT2D eigenvalue weighted by Crippen LogP contribution is -2.56. The number of amides is 1. The van der Waals surface area contributed by atoms with Gasteiger partial charge in [0.15, 0.2) is 0 Å². The Bertz CT molecular complexity index is 810. The fourth-order valence-corrected chi connectivity index (χ4v) is 4.00. The molecule has 0 saturated carbocycles. The molecule has 0 aliphatic carbocycles. The fourth-order valence-electron chi connectivity index (χ4n) is 4.00. The normalized spacial score (nSPS) is 23.1. The summed E-state index contributed by atoms with van der Waals surface area (Å²) < 4.78 is 7.60. The van der Waals surface area contributed by atoms with Gasteiger partial charge in [0.1, 0.15) is 12.0 Å². The van der Waals surface area contributed by atoms with Crippen LogP contribution in [0, 0.1) is 0 Å². The molecule has 2 fully saturated rings. The predicted octanol–water partition coefficient (Wildman–Crippen LogP) is 1.39. The molecule has 140 valence electrons. The molecule has 4 heterocycles. The average molecular weight is 359 g/mol. The maximum atomic E-state index is 13.0. The van der Waals surface area contributed by atoms with Crippen molar-refractivity contribution in [1.82, 2.24) is 24.5 Å². The molecular formula is C18H25N5O3. The van der Waals surface area contributed by atoms with Crippen molar-refractivity contribution in [2.45, 2.75) is 57.2 Å². The first kappa shape index (κ1) is 17.4. The molecule has 2 aliphatic rings. The Morgan fingerprint density at radius 1 is 1.38 bits per heavy atom. The van der Waals surface area contributed by atoms with Gasteiger partial charge in [0, 0.05) is 19.7 Å². The molecule has 2 aliphatic heterocycles. The lowest BCUT2D eigenvalue weighted by Gasteiger charge is -2.46. The third-order valence-electron chi connectivity index (χ3n) is 5.61. The maximum Gasteiger partial charge on any atom is 0.272 e. The molecule has 8 heteroatoms. The van der Waals surface area contributed by atoms with Crippen molar-refractivity contribution in [3.63, 3.8) is 0 Å². The van der Waals surface area contributed by atoms with E-state index in [0.29, 0.717) is 44.0 Å². The number of fused-ring (bicyclic) bond motifs is 1. The molecule has 1 atom stereocenters. The number of hydrogen-bond acceptors (Lipinski definition) is 6. The Morgan fingerprint density at radius 3 is 2.85 bits per heavy atom.